The highest BCUT2D eigenvalue weighted by Gasteiger charge is 2.28. The molecule has 0 aliphatic heterocycles. The first-order valence-electron chi connectivity index (χ1n) is 6.89. The lowest BCUT2D eigenvalue weighted by molar-refractivity contribution is 0.414. The Kier molecular flexibility index (Phi) is 5.73. The second kappa shape index (κ2) is 6.69. The lowest BCUT2D eigenvalue weighted by Crippen LogP contribution is -2.32. The fraction of sp³-hybridized carbons (Fsp3) is 0.769. The van der Waals surface area contributed by atoms with Gasteiger partial charge < -0.3 is 5.32 Å². The van der Waals surface area contributed by atoms with E-state index < -0.39 is 10.0 Å². The number of aryl methyl sites for hydroxylation is 1. The zero-order valence-corrected chi connectivity index (χ0v) is 14.0. The van der Waals surface area contributed by atoms with Gasteiger partial charge in [0.1, 0.15) is 0 Å². The number of aromatic amines is 1. The Balaban J connectivity index is 3.06. The molecule has 0 radical (unpaired) electrons. The Hall–Kier alpha value is -0.920. The van der Waals surface area contributed by atoms with Crippen LogP contribution in [0.2, 0.25) is 0 Å². The third-order valence-electron chi connectivity index (χ3n) is 3.00. The first kappa shape index (κ1) is 17.1. The molecule has 7 heteroatoms. The Labute approximate surface area is 122 Å². The summed E-state index contributed by atoms with van der Waals surface area (Å²) in [6.45, 7) is 10.8. The summed E-state index contributed by atoms with van der Waals surface area (Å²) in [4.78, 5) is 0. The van der Waals surface area contributed by atoms with Crippen LogP contribution in [-0.4, -0.2) is 42.6 Å². The van der Waals surface area contributed by atoms with Gasteiger partial charge in [0.05, 0.1) is 0 Å². The van der Waals surface area contributed by atoms with Crippen LogP contribution in [0.5, 0.6) is 0 Å². The summed E-state index contributed by atoms with van der Waals surface area (Å²) in [7, 11) is -1.94. The van der Waals surface area contributed by atoms with Gasteiger partial charge in [-0.3, -0.25) is 5.10 Å². The van der Waals surface area contributed by atoms with Gasteiger partial charge >= 0.3 is 0 Å². The van der Waals surface area contributed by atoms with E-state index in [1.54, 1.807) is 7.05 Å². The smallest absolute Gasteiger partial charge is 0.262 e. The zero-order chi connectivity index (χ0) is 15.5. The minimum Gasteiger partial charge on any atom is -0.310 e. The van der Waals surface area contributed by atoms with Crippen LogP contribution in [0.3, 0.4) is 0 Å². The average Bonchev–Trinajstić information content (AvgIpc) is 2.67. The quantitative estimate of drug-likeness (QED) is 0.800. The molecule has 1 aromatic heterocycles. The van der Waals surface area contributed by atoms with Crippen molar-refractivity contribution < 1.29 is 8.42 Å². The minimum atomic E-state index is -3.54. The van der Waals surface area contributed by atoms with Gasteiger partial charge in [-0.15, -0.1) is 0 Å². The predicted octanol–water partition coefficient (Wildman–Crippen LogP) is 1.49. The third-order valence-corrected chi connectivity index (χ3v) is 4.80. The SMILES string of the molecule is Cc1[nH]nc(S(=O)(=O)N(C)CC(C)C)c1CNC(C)C. The van der Waals surface area contributed by atoms with Crippen molar-refractivity contribution in [1.29, 1.82) is 0 Å². The molecule has 0 aliphatic carbocycles. The maximum atomic E-state index is 12.6. The average molecular weight is 302 g/mol. The zero-order valence-electron chi connectivity index (χ0n) is 13.2. The van der Waals surface area contributed by atoms with Gasteiger partial charge in [0.15, 0.2) is 5.03 Å². The van der Waals surface area contributed by atoms with Gasteiger partial charge in [-0.2, -0.15) is 9.40 Å². The van der Waals surface area contributed by atoms with Gasteiger partial charge in [0, 0.05) is 37.4 Å². The summed E-state index contributed by atoms with van der Waals surface area (Å²) in [6.07, 6.45) is 0. The van der Waals surface area contributed by atoms with Gasteiger partial charge in [0.25, 0.3) is 10.0 Å². The standard InChI is InChI=1S/C13H26N4O2S/c1-9(2)8-17(6)20(18,19)13-12(7-14-10(3)4)11(5)15-16-13/h9-10,14H,7-8H2,1-6H3,(H,15,16). The molecule has 0 amide bonds. The van der Waals surface area contributed by atoms with Crippen LogP contribution in [0.4, 0.5) is 0 Å². The molecule has 1 aromatic rings. The fourth-order valence-corrected chi connectivity index (χ4v) is 3.40. The second-order valence-electron chi connectivity index (χ2n) is 5.85. The summed E-state index contributed by atoms with van der Waals surface area (Å²) in [5.41, 5.74) is 1.50. The number of nitrogens with zero attached hydrogens (tertiary/aromatic N) is 2. The summed E-state index contributed by atoms with van der Waals surface area (Å²) in [6, 6.07) is 0.285. The molecule has 0 saturated heterocycles. The molecular formula is C13H26N4O2S. The van der Waals surface area contributed by atoms with E-state index in [9.17, 15) is 8.42 Å². The second-order valence-corrected chi connectivity index (χ2v) is 7.81. The maximum absolute atomic E-state index is 12.6. The number of hydrogen-bond acceptors (Lipinski definition) is 4. The van der Waals surface area contributed by atoms with Crippen LogP contribution in [0.15, 0.2) is 5.03 Å². The largest absolute Gasteiger partial charge is 0.310 e. The number of sulfonamides is 1. The molecule has 0 atom stereocenters. The molecule has 1 heterocycles. The van der Waals surface area contributed by atoms with E-state index in [1.165, 1.54) is 4.31 Å². The molecule has 0 aromatic carbocycles. The van der Waals surface area contributed by atoms with Crippen LogP contribution < -0.4 is 5.32 Å². The first-order valence-corrected chi connectivity index (χ1v) is 8.33. The number of rotatable bonds is 7. The molecule has 0 aliphatic rings. The summed E-state index contributed by atoms with van der Waals surface area (Å²) >= 11 is 0. The Morgan fingerprint density at radius 2 is 1.90 bits per heavy atom. The van der Waals surface area contributed by atoms with Gasteiger partial charge in [0.2, 0.25) is 0 Å². The van der Waals surface area contributed by atoms with Crippen molar-refractivity contribution in [3.8, 4) is 0 Å². The number of hydrogen-bond donors (Lipinski definition) is 2. The lowest BCUT2D eigenvalue weighted by atomic mass is 10.2. The van der Waals surface area contributed by atoms with E-state index in [0.717, 1.165) is 5.69 Å². The molecular weight excluding hydrogens is 276 g/mol. The van der Waals surface area contributed by atoms with E-state index in [0.29, 0.717) is 18.7 Å². The first-order chi connectivity index (χ1) is 9.16. The lowest BCUT2D eigenvalue weighted by Gasteiger charge is -2.19. The summed E-state index contributed by atoms with van der Waals surface area (Å²) < 4.78 is 26.5. The molecule has 0 bridgehead atoms. The van der Waals surface area contributed by atoms with Crippen LogP contribution in [0, 0.1) is 12.8 Å². The maximum Gasteiger partial charge on any atom is 0.262 e. The molecule has 6 nitrogen and oxygen atoms in total. The molecule has 0 unspecified atom stereocenters. The van der Waals surface area contributed by atoms with Crippen LogP contribution in [-0.2, 0) is 16.6 Å². The van der Waals surface area contributed by atoms with Crippen molar-refractivity contribution in [3.63, 3.8) is 0 Å². The Morgan fingerprint density at radius 1 is 1.30 bits per heavy atom. The Bertz CT molecular complexity index is 535. The van der Waals surface area contributed by atoms with E-state index in [1.807, 2.05) is 34.6 Å². The molecule has 20 heavy (non-hydrogen) atoms. The van der Waals surface area contributed by atoms with Crippen LogP contribution in [0.1, 0.15) is 39.0 Å². The van der Waals surface area contributed by atoms with Gasteiger partial charge in [-0.25, -0.2) is 8.42 Å². The molecule has 0 saturated carbocycles. The van der Waals surface area contributed by atoms with Crippen molar-refractivity contribution in [2.45, 2.75) is 52.2 Å². The topological polar surface area (TPSA) is 78.1 Å². The van der Waals surface area contributed by atoms with E-state index in [4.69, 9.17) is 0 Å². The fourth-order valence-electron chi connectivity index (χ4n) is 1.92. The third kappa shape index (κ3) is 4.04. The highest BCUT2D eigenvalue weighted by molar-refractivity contribution is 7.89. The highest BCUT2D eigenvalue weighted by atomic mass is 32.2. The molecule has 0 fully saturated rings. The van der Waals surface area contributed by atoms with Gasteiger partial charge in [-0.1, -0.05) is 27.7 Å². The van der Waals surface area contributed by atoms with Crippen molar-refractivity contribution >= 4 is 10.0 Å². The number of nitrogens with one attached hydrogen (secondary N) is 2. The van der Waals surface area contributed by atoms with E-state index in [2.05, 4.69) is 15.5 Å². The van der Waals surface area contributed by atoms with Crippen LogP contribution in [0.25, 0.3) is 0 Å². The van der Waals surface area contributed by atoms with Crippen molar-refractivity contribution in [2.75, 3.05) is 13.6 Å². The summed E-state index contributed by atoms with van der Waals surface area (Å²) in [5.74, 6) is 0.270. The van der Waals surface area contributed by atoms with Crippen LogP contribution >= 0.6 is 0 Å². The predicted molar refractivity (Wildman–Crippen MR) is 80.0 cm³/mol. The van der Waals surface area contributed by atoms with Crippen molar-refractivity contribution in [2.24, 2.45) is 5.92 Å². The van der Waals surface area contributed by atoms with Gasteiger partial charge in [-0.05, 0) is 12.8 Å². The molecule has 2 N–H and O–H groups in total. The molecule has 1 rings (SSSR count). The summed E-state index contributed by atoms with van der Waals surface area (Å²) in [5, 5.41) is 10.1. The Morgan fingerprint density at radius 3 is 2.40 bits per heavy atom. The monoisotopic (exact) mass is 302 g/mol. The molecule has 116 valence electrons. The normalized spacial score (nSPS) is 12.8. The van der Waals surface area contributed by atoms with E-state index in [-0.39, 0.29) is 17.0 Å². The van der Waals surface area contributed by atoms with Crippen molar-refractivity contribution in [1.82, 2.24) is 19.8 Å². The highest BCUT2D eigenvalue weighted by Crippen LogP contribution is 2.20. The van der Waals surface area contributed by atoms with E-state index >= 15 is 0 Å². The minimum absolute atomic E-state index is 0.131. The number of aromatic nitrogens is 2. The van der Waals surface area contributed by atoms with Crippen molar-refractivity contribution in [3.05, 3.63) is 11.3 Å². The molecule has 0 spiro atoms. The number of H-pyrrole nitrogens is 1.